The lowest BCUT2D eigenvalue weighted by atomic mass is 9.41. The van der Waals surface area contributed by atoms with Gasteiger partial charge in [0.2, 0.25) is 10.8 Å². The maximum absolute atomic E-state index is 9.08. The SMILES string of the molecule is COc1cc(-c2nn3cc(C4CCB(C#N)CC4)nc3s2)cc2cc(C)nn12. The van der Waals surface area contributed by atoms with E-state index >= 15 is 0 Å². The van der Waals surface area contributed by atoms with E-state index in [2.05, 4.69) is 17.1 Å². The molecule has 140 valence electrons. The molecule has 4 aromatic heterocycles. The van der Waals surface area contributed by atoms with Gasteiger partial charge in [0.1, 0.15) is 5.01 Å². The van der Waals surface area contributed by atoms with Gasteiger partial charge >= 0.3 is 0 Å². The van der Waals surface area contributed by atoms with Crippen LogP contribution in [0, 0.1) is 18.2 Å². The maximum atomic E-state index is 9.08. The fraction of sp³-hybridized carbons (Fsp3) is 0.368. The van der Waals surface area contributed by atoms with Gasteiger partial charge in [-0.25, -0.2) is 19.3 Å². The third-order valence-corrected chi connectivity index (χ3v) is 6.47. The average molecular weight is 390 g/mol. The van der Waals surface area contributed by atoms with Gasteiger partial charge in [0, 0.05) is 23.5 Å². The van der Waals surface area contributed by atoms with Crippen molar-refractivity contribution >= 4 is 28.5 Å². The van der Waals surface area contributed by atoms with Gasteiger partial charge in [-0.3, -0.25) is 0 Å². The summed E-state index contributed by atoms with van der Waals surface area (Å²) in [6, 6.07) is 6.06. The van der Waals surface area contributed by atoms with Crippen molar-refractivity contribution < 1.29 is 4.74 Å². The van der Waals surface area contributed by atoms with Crippen molar-refractivity contribution in [1.29, 1.82) is 5.26 Å². The van der Waals surface area contributed by atoms with E-state index in [0.29, 0.717) is 11.8 Å². The Bertz CT molecular complexity index is 1180. The van der Waals surface area contributed by atoms with Crippen LogP contribution in [0.25, 0.3) is 21.0 Å². The summed E-state index contributed by atoms with van der Waals surface area (Å²) in [5.74, 6) is 3.52. The molecule has 0 aromatic carbocycles. The van der Waals surface area contributed by atoms with Gasteiger partial charge in [-0.2, -0.15) is 10.2 Å². The first-order valence-corrected chi connectivity index (χ1v) is 10.3. The van der Waals surface area contributed by atoms with E-state index < -0.39 is 0 Å². The van der Waals surface area contributed by atoms with Gasteiger partial charge < -0.3 is 4.74 Å². The normalized spacial score (nSPS) is 15.4. The Morgan fingerprint density at radius 3 is 2.79 bits per heavy atom. The molecule has 1 fully saturated rings. The summed E-state index contributed by atoms with van der Waals surface area (Å²) in [6.07, 6.45) is 6.05. The molecule has 0 atom stereocenters. The first-order chi connectivity index (χ1) is 13.6. The van der Waals surface area contributed by atoms with Gasteiger partial charge in [-0.15, -0.1) is 0 Å². The second-order valence-corrected chi connectivity index (χ2v) is 8.34. The highest BCUT2D eigenvalue weighted by Gasteiger charge is 2.27. The number of fused-ring (bicyclic) bond motifs is 2. The first kappa shape index (κ1) is 17.3. The van der Waals surface area contributed by atoms with E-state index in [1.165, 1.54) is 0 Å². The number of ether oxygens (including phenoxy) is 1. The van der Waals surface area contributed by atoms with Crippen LogP contribution >= 0.6 is 11.3 Å². The van der Waals surface area contributed by atoms with Gasteiger partial charge in [0.15, 0.2) is 0 Å². The number of nitriles is 1. The number of rotatable bonds is 3. The zero-order valence-corrected chi connectivity index (χ0v) is 16.6. The molecule has 1 saturated heterocycles. The fourth-order valence-corrected chi connectivity index (χ4v) is 4.89. The van der Waals surface area contributed by atoms with Crippen LogP contribution in [0.15, 0.2) is 24.4 Å². The number of hydrogen-bond acceptors (Lipinski definition) is 6. The Morgan fingerprint density at radius 2 is 2.07 bits per heavy atom. The highest BCUT2D eigenvalue weighted by molar-refractivity contribution is 7.19. The third kappa shape index (κ3) is 2.85. The van der Waals surface area contributed by atoms with Crippen molar-refractivity contribution in [3.63, 3.8) is 0 Å². The molecule has 0 saturated carbocycles. The molecule has 0 spiro atoms. The molecular formula is C19H19BN6OS. The quantitative estimate of drug-likeness (QED) is 0.497. The smallest absolute Gasteiger partial charge is 0.267 e. The van der Waals surface area contributed by atoms with Crippen LogP contribution in [0.4, 0.5) is 0 Å². The van der Waals surface area contributed by atoms with Crippen LogP contribution < -0.4 is 4.74 Å². The van der Waals surface area contributed by atoms with E-state index in [1.807, 2.05) is 29.8 Å². The minimum absolute atomic E-state index is 0.210. The molecule has 0 amide bonds. The molecular weight excluding hydrogens is 371 g/mol. The second kappa shape index (κ2) is 6.64. The van der Waals surface area contributed by atoms with E-state index in [4.69, 9.17) is 20.1 Å². The lowest BCUT2D eigenvalue weighted by Gasteiger charge is -2.21. The van der Waals surface area contributed by atoms with Gasteiger partial charge in [-0.1, -0.05) is 36.8 Å². The van der Waals surface area contributed by atoms with E-state index in [1.54, 1.807) is 23.0 Å². The Labute approximate surface area is 166 Å². The monoisotopic (exact) mass is 390 g/mol. The second-order valence-electron chi connectivity index (χ2n) is 7.39. The van der Waals surface area contributed by atoms with Crippen LogP contribution in [0.1, 0.15) is 30.1 Å². The molecule has 28 heavy (non-hydrogen) atoms. The molecule has 4 aromatic rings. The maximum Gasteiger partial charge on any atom is 0.267 e. The van der Waals surface area contributed by atoms with Crippen molar-refractivity contribution in [2.45, 2.75) is 38.3 Å². The van der Waals surface area contributed by atoms with E-state index in [-0.39, 0.29) is 6.71 Å². The number of imidazole rings is 1. The summed E-state index contributed by atoms with van der Waals surface area (Å²) in [7, 11) is 1.65. The summed E-state index contributed by atoms with van der Waals surface area (Å²) < 4.78 is 9.18. The van der Waals surface area contributed by atoms with Gasteiger partial charge in [0.05, 0.1) is 30.2 Å². The standard InChI is InChI=1S/C19H19BN6OS/c1-12-7-15-8-14(9-17(27-2)26(15)23-12)18-24-25-10-16(22-19(25)28-18)13-3-5-20(11-21)6-4-13/h7-10,13H,3-6H2,1-2H3. The molecule has 0 radical (unpaired) electrons. The molecule has 1 aliphatic rings. The van der Waals surface area contributed by atoms with Crippen molar-refractivity contribution in [2.75, 3.05) is 7.11 Å². The van der Waals surface area contributed by atoms with Crippen molar-refractivity contribution in [3.05, 3.63) is 35.8 Å². The van der Waals surface area contributed by atoms with Gasteiger partial charge in [0.25, 0.3) is 6.71 Å². The van der Waals surface area contributed by atoms with Crippen LogP contribution in [-0.2, 0) is 0 Å². The van der Waals surface area contributed by atoms with Crippen molar-refractivity contribution in [2.24, 2.45) is 0 Å². The predicted molar refractivity (Wildman–Crippen MR) is 109 cm³/mol. The number of pyridine rings is 1. The lowest BCUT2D eigenvalue weighted by Crippen LogP contribution is -2.19. The summed E-state index contributed by atoms with van der Waals surface area (Å²) >= 11 is 1.58. The highest BCUT2D eigenvalue weighted by Crippen LogP contribution is 2.35. The first-order valence-electron chi connectivity index (χ1n) is 9.45. The Morgan fingerprint density at radius 1 is 1.25 bits per heavy atom. The topological polar surface area (TPSA) is 80.5 Å². The van der Waals surface area contributed by atoms with Crippen LogP contribution in [-0.4, -0.2) is 38.0 Å². The summed E-state index contributed by atoms with van der Waals surface area (Å²) in [5, 5.41) is 19.2. The molecule has 1 aliphatic heterocycles. The molecule has 0 bridgehead atoms. The Kier molecular flexibility index (Phi) is 4.09. The van der Waals surface area contributed by atoms with E-state index in [0.717, 1.165) is 57.9 Å². The summed E-state index contributed by atoms with van der Waals surface area (Å²) in [5.41, 5.74) is 4.02. The van der Waals surface area contributed by atoms with Crippen molar-refractivity contribution in [3.8, 4) is 22.4 Å². The average Bonchev–Trinajstić information content (AvgIpc) is 3.39. The number of nitrogens with zero attached hydrogens (tertiary/aromatic N) is 6. The number of hydrogen-bond donors (Lipinski definition) is 0. The molecule has 5 heterocycles. The predicted octanol–water partition coefficient (Wildman–Crippen LogP) is 3.86. The number of aryl methyl sites for hydroxylation is 1. The van der Waals surface area contributed by atoms with Crippen molar-refractivity contribution in [1.82, 2.24) is 24.2 Å². The Balaban J connectivity index is 1.47. The van der Waals surface area contributed by atoms with E-state index in [9.17, 15) is 0 Å². The highest BCUT2D eigenvalue weighted by atomic mass is 32.1. The number of methoxy groups -OCH3 is 1. The van der Waals surface area contributed by atoms with Crippen LogP contribution in [0.5, 0.6) is 5.88 Å². The Hall–Kier alpha value is -2.86. The molecule has 7 nitrogen and oxygen atoms in total. The summed E-state index contributed by atoms with van der Waals surface area (Å²) in [6.45, 7) is 2.18. The molecule has 0 aliphatic carbocycles. The van der Waals surface area contributed by atoms with Crippen LogP contribution in [0.3, 0.4) is 0 Å². The minimum Gasteiger partial charge on any atom is -0.481 e. The lowest BCUT2D eigenvalue weighted by molar-refractivity contribution is 0.385. The molecule has 0 N–H and O–H groups in total. The van der Waals surface area contributed by atoms with Crippen LogP contribution in [0.2, 0.25) is 12.6 Å². The zero-order valence-electron chi connectivity index (χ0n) is 15.8. The third-order valence-electron chi connectivity index (χ3n) is 5.50. The molecule has 0 unspecified atom stereocenters. The van der Waals surface area contributed by atoms with Gasteiger partial charge in [-0.05, 0) is 19.1 Å². The molecule has 5 rings (SSSR count). The number of aromatic nitrogens is 5. The minimum atomic E-state index is 0.210. The largest absolute Gasteiger partial charge is 0.481 e. The summed E-state index contributed by atoms with van der Waals surface area (Å²) in [4.78, 5) is 5.73. The zero-order chi connectivity index (χ0) is 19.3. The fourth-order valence-electron chi connectivity index (χ4n) is 4.01. The molecule has 9 heteroatoms.